The molecule has 0 bridgehead atoms. The highest BCUT2D eigenvalue weighted by Crippen LogP contribution is 2.33. The zero-order chi connectivity index (χ0) is 26.0. The van der Waals surface area contributed by atoms with Gasteiger partial charge in [-0.25, -0.2) is 9.97 Å². The van der Waals surface area contributed by atoms with Gasteiger partial charge in [0.2, 0.25) is 0 Å². The highest BCUT2D eigenvalue weighted by molar-refractivity contribution is 5.93. The van der Waals surface area contributed by atoms with Crippen molar-refractivity contribution in [2.75, 3.05) is 26.0 Å². The van der Waals surface area contributed by atoms with E-state index in [4.69, 9.17) is 0 Å². The summed E-state index contributed by atoms with van der Waals surface area (Å²) < 4.78 is 41.4. The molecule has 10 heteroatoms. The quantitative estimate of drug-likeness (QED) is 0.299. The van der Waals surface area contributed by atoms with Crippen LogP contribution >= 0.6 is 0 Å². The summed E-state index contributed by atoms with van der Waals surface area (Å²) in [6.45, 7) is 1.69. The highest BCUT2D eigenvalue weighted by atomic mass is 19.4. The molecular formula is C27H24F3N7. The number of rotatable bonds is 7. The molecule has 0 fully saturated rings. The van der Waals surface area contributed by atoms with E-state index in [2.05, 4.69) is 30.3 Å². The van der Waals surface area contributed by atoms with Crippen LogP contribution in [0.4, 0.5) is 24.7 Å². The Bertz CT molecular complexity index is 1540. The third kappa shape index (κ3) is 5.59. The van der Waals surface area contributed by atoms with Crippen LogP contribution in [0.1, 0.15) is 5.56 Å². The van der Waals surface area contributed by atoms with Crippen molar-refractivity contribution < 1.29 is 13.2 Å². The summed E-state index contributed by atoms with van der Waals surface area (Å²) in [5, 5.41) is 8.51. The van der Waals surface area contributed by atoms with E-state index in [1.807, 2.05) is 49.4 Å². The number of aromatic nitrogens is 5. The average molecular weight is 504 g/mol. The van der Waals surface area contributed by atoms with Gasteiger partial charge in [-0.3, -0.25) is 9.67 Å². The van der Waals surface area contributed by atoms with Gasteiger partial charge in [0.05, 0.1) is 29.5 Å². The van der Waals surface area contributed by atoms with Gasteiger partial charge in [0.15, 0.2) is 0 Å². The number of alkyl halides is 3. The van der Waals surface area contributed by atoms with E-state index in [0.717, 1.165) is 47.3 Å². The van der Waals surface area contributed by atoms with Crippen LogP contribution in [0.15, 0.2) is 79.5 Å². The molecule has 0 aliphatic rings. The van der Waals surface area contributed by atoms with Gasteiger partial charge in [0, 0.05) is 41.1 Å². The second-order valence-electron chi connectivity index (χ2n) is 8.88. The summed E-state index contributed by atoms with van der Waals surface area (Å²) in [5.41, 5.74) is 3.46. The topological polar surface area (TPSA) is 71.8 Å². The molecule has 5 rings (SSSR count). The van der Waals surface area contributed by atoms with Gasteiger partial charge >= 0.3 is 6.18 Å². The Kier molecular flexibility index (Phi) is 6.58. The van der Waals surface area contributed by atoms with Gasteiger partial charge in [-0.15, -0.1) is 0 Å². The van der Waals surface area contributed by atoms with Gasteiger partial charge in [0.25, 0.3) is 0 Å². The van der Waals surface area contributed by atoms with Crippen LogP contribution in [0.5, 0.6) is 0 Å². The first kappa shape index (κ1) is 24.4. The molecule has 37 heavy (non-hydrogen) atoms. The maximum absolute atomic E-state index is 13.1. The van der Waals surface area contributed by atoms with Gasteiger partial charge in [-0.2, -0.15) is 18.3 Å². The molecule has 0 saturated carbocycles. The summed E-state index contributed by atoms with van der Waals surface area (Å²) in [5.74, 6) is 0.583. The molecule has 5 aromatic rings. The van der Waals surface area contributed by atoms with Crippen LogP contribution < -0.4 is 5.32 Å². The van der Waals surface area contributed by atoms with Crippen molar-refractivity contribution in [1.29, 1.82) is 0 Å². The first-order chi connectivity index (χ1) is 17.8. The van der Waals surface area contributed by atoms with Crippen LogP contribution in [0.3, 0.4) is 0 Å². The predicted octanol–water partition coefficient (Wildman–Crippen LogP) is 5.88. The molecule has 3 aromatic heterocycles. The van der Waals surface area contributed by atoms with E-state index in [-0.39, 0.29) is 0 Å². The molecule has 0 spiro atoms. The van der Waals surface area contributed by atoms with Crippen molar-refractivity contribution in [2.45, 2.75) is 12.7 Å². The molecule has 0 atom stereocenters. The number of anilines is 2. The first-order valence-electron chi connectivity index (χ1n) is 11.6. The Balaban J connectivity index is 1.40. The van der Waals surface area contributed by atoms with Crippen molar-refractivity contribution in [1.82, 2.24) is 29.6 Å². The monoisotopic (exact) mass is 503 g/mol. The average Bonchev–Trinajstić information content (AvgIpc) is 3.36. The van der Waals surface area contributed by atoms with Crippen molar-refractivity contribution in [3.8, 4) is 22.4 Å². The number of fused-ring (bicyclic) bond motifs is 1. The largest absolute Gasteiger partial charge is 0.416 e. The fraction of sp³-hybridized carbons (Fsp3) is 0.185. The van der Waals surface area contributed by atoms with Crippen LogP contribution in [0.2, 0.25) is 0 Å². The Hall–Kier alpha value is -4.31. The molecule has 0 unspecified atom stereocenters. The summed E-state index contributed by atoms with van der Waals surface area (Å²) >= 11 is 0. The lowest BCUT2D eigenvalue weighted by molar-refractivity contribution is -0.137. The van der Waals surface area contributed by atoms with Crippen LogP contribution in [0, 0.1) is 0 Å². The smallest absolute Gasteiger partial charge is 0.340 e. The Labute approximate surface area is 211 Å². The van der Waals surface area contributed by atoms with E-state index in [1.54, 1.807) is 24.4 Å². The second-order valence-corrected chi connectivity index (χ2v) is 8.88. The van der Waals surface area contributed by atoms with Gasteiger partial charge in [0.1, 0.15) is 12.1 Å². The molecule has 188 valence electrons. The molecule has 0 radical (unpaired) electrons. The summed E-state index contributed by atoms with van der Waals surface area (Å²) in [6, 6.07) is 14.5. The molecular weight excluding hydrogens is 479 g/mol. The van der Waals surface area contributed by atoms with Crippen molar-refractivity contribution in [3.05, 3.63) is 85.1 Å². The molecule has 0 aliphatic carbocycles. The number of benzene rings is 2. The standard InChI is InChI=1S/C27H24F3N7/c1-36(2)10-11-37-16-20(15-34-37)18-6-7-23-25(13-18)32-17-33-26(23)35-22-8-9-31-24(14-22)19-4-3-5-21(12-19)27(28,29)30/h3-9,12-17H,10-11H2,1-2H3,(H,31,32,33,35). The van der Waals surface area contributed by atoms with Gasteiger partial charge in [-0.05, 0) is 56.1 Å². The number of pyridine rings is 1. The van der Waals surface area contributed by atoms with Crippen molar-refractivity contribution in [3.63, 3.8) is 0 Å². The first-order valence-corrected chi connectivity index (χ1v) is 11.6. The summed E-state index contributed by atoms with van der Waals surface area (Å²) in [4.78, 5) is 15.2. The van der Waals surface area contributed by atoms with E-state index >= 15 is 0 Å². The molecule has 7 nitrogen and oxygen atoms in total. The van der Waals surface area contributed by atoms with Crippen molar-refractivity contribution >= 4 is 22.4 Å². The molecule has 2 aromatic carbocycles. The SMILES string of the molecule is CN(C)CCn1cc(-c2ccc3c(Nc4ccnc(-c5cccc(C(F)(F)F)c5)c4)ncnc3c2)cn1. The predicted molar refractivity (Wildman–Crippen MR) is 137 cm³/mol. The maximum atomic E-state index is 13.1. The second kappa shape index (κ2) is 9.98. The Morgan fingerprint density at radius 2 is 1.78 bits per heavy atom. The lowest BCUT2D eigenvalue weighted by Gasteiger charge is -2.11. The minimum atomic E-state index is -4.42. The molecule has 3 heterocycles. The number of likely N-dealkylation sites (N-methyl/N-ethyl adjacent to an activating group) is 1. The van der Waals surface area contributed by atoms with Crippen LogP contribution in [-0.2, 0) is 12.7 Å². The number of halogens is 3. The number of hydrogen-bond donors (Lipinski definition) is 1. The van der Waals surface area contributed by atoms with E-state index in [9.17, 15) is 13.2 Å². The lowest BCUT2D eigenvalue weighted by atomic mass is 10.1. The zero-order valence-electron chi connectivity index (χ0n) is 20.2. The summed E-state index contributed by atoms with van der Waals surface area (Å²) in [6.07, 6.45) is 2.45. The fourth-order valence-corrected chi connectivity index (χ4v) is 3.93. The number of nitrogens with one attached hydrogen (secondary N) is 1. The molecule has 0 aliphatic heterocycles. The third-order valence-corrected chi connectivity index (χ3v) is 5.89. The molecule has 0 amide bonds. The fourth-order valence-electron chi connectivity index (χ4n) is 3.93. The molecule has 0 saturated heterocycles. The Morgan fingerprint density at radius 1 is 0.919 bits per heavy atom. The van der Waals surface area contributed by atoms with Gasteiger partial charge < -0.3 is 10.2 Å². The Morgan fingerprint density at radius 3 is 2.59 bits per heavy atom. The minimum absolute atomic E-state index is 0.377. The van der Waals surface area contributed by atoms with E-state index in [1.165, 1.54) is 12.4 Å². The number of nitrogens with zero attached hydrogens (tertiary/aromatic N) is 6. The summed E-state index contributed by atoms with van der Waals surface area (Å²) in [7, 11) is 4.05. The van der Waals surface area contributed by atoms with Crippen LogP contribution in [-0.4, -0.2) is 50.3 Å². The maximum Gasteiger partial charge on any atom is 0.416 e. The number of hydrogen-bond acceptors (Lipinski definition) is 6. The highest BCUT2D eigenvalue weighted by Gasteiger charge is 2.30. The normalized spacial score (nSPS) is 11.8. The molecule has 1 N–H and O–H groups in total. The zero-order valence-corrected chi connectivity index (χ0v) is 20.2. The van der Waals surface area contributed by atoms with E-state index in [0.29, 0.717) is 22.8 Å². The van der Waals surface area contributed by atoms with E-state index < -0.39 is 11.7 Å². The lowest BCUT2D eigenvalue weighted by Crippen LogP contribution is -2.18. The van der Waals surface area contributed by atoms with Crippen molar-refractivity contribution in [2.24, 2.45) is 0 Å². The minimum Gasteiger partial charge on any atom is -0.340 e. The van der Waals surface area contributed by atoms with Gasteiger partial charge in [-0.1, -0.05) is 18.2 Å². The third-order valence-electron chi connectivity index (χ3n) is 5.89. The van der Waals surface area contributed by atoms with Crippen LogP contribution in [0.25, 0.3) is 33.3 Å².